The summed E-state index contributed by atoms with van der Waals surface area (Å²) in [5.74, 6) is 11.8. The van der Waals surface area contributed by atoms with Crippen LogP contribution >= 0.6 is 0 Å². The first-order valence-corrected chi connectivity index (χ1v) is 6.73. The second-order valence-corrected chi connectivity index (χ2v) is 5.41. The highest BCUT2D eigenvalue weighted by Gasteiger charge is 2.34. The Kier molecular flexibility index (Phi) is 5.97. The fourth-order valence-corrected chi connectivity index (χ4v) is 2.58. The van der Waals surface area contributed by atoms with Gasteiger partial charge in [0.1, 0.15) is 0 Å². The molecule has 0 saturated carbocycles. The third kappa shape index (κ3) is 3.99. The van der Waals surface area contributed by atoms with Gasteiger partial charge in [-0.15, -0.1) is 11.8 Å². The van der Waals surface area contributed by atoms with Crippen LogP contribution in [0.5, 0.6) is 0 Å². The Morgan fingerprint density at radius 2 is 1.82 bits per heavy atom. The summed E-state index contributed by atoms with van der Waals surface area (Å²) in [6.07, 6.45) is 6.15. The maximum Gasteiger partial charge on any atom is 0.0498 e. The standard InChI is InChI=1S/C14H27N3/c1-4-5-10-13(16-15)14(2,3)17-11-8-6-7-9-12-17/h13,16H,6-12,15H2,1-3H3. The lowest BCUT2D eigenvalue weighted by atomic mass is 9.90. The number of likely N-dealkylation sites (tertiary alicyclic amines) is 1. The molecule has 17 heavy (non-hydrogen) atoms. The fraction of sp³-hybridized carbons (Fsp3) is 0.857. The van der Waals surface area contributed by atoms with Gasteiger partial charge in [0.05, 0.1) is 0 Å². The number of nitrogens with two attached hydrogens (primary N) is 1. The third-order valence-electron chi connectivity index (χ3n) is 3.96. The molecular formula is C14H27N3. The molecule has 0 aromatic carbocycles. The van der Waals surface area contributed by atoms with Gasteiger partial charge in [-0.1, -0.05) is 12.8 Å². The van der Waals surface area contributed by atoms with Crippen LogP contribution in [-0.2, 0) is 0 Å². The number of nitrogens with zero attached hydrogens (tertiary/aromatic N) is 1. The van der Waals surface area contributed by atoms with E-state index in [0.29, 0.717) is 0 Å². The van der Waals surface area contributed by atoms with Crippen LogP contribution in [0.3, 0.4) is 0 Å². The summed E-state index contributed by atoms with van der Waals surface area (Å²) in [5, 5.41) is 0. The molecule has 1 aliphatic heterocycles. The molecule has 1 unspecified atom stereocenters. The lowest BCUT2D eigenvalue weighted by Crippen LogP contribution is -2.59. The van der Waals surface area contributed by atoms with Crippen LogP contribution in [0.4, 0.5) is 0 Å². The molecule has 0 bridgehead atoms. The van der Waals surface area contributed by atoms with Crippen molar-refractivity contribution in [1.82, 2.24) is 10.3 Å². The highest BCUT2D eigenvalue weighted by Crippen LogP contribution is 2.24. The smallest absolute Gasteiger partial charge is 0.0498 e. The van der Waals surface area contributed by atoms with Crippen LogP contribution in [-0.4, -0.2) is 29.6 Å². The minimum atomic E-state index is 0.0724. The molecule has 1 atom stereocenters. The SMILES string of the molecule is CC#CCC(NN)C(C)(C)N1CCCCCC1. The topological polar surface area (TPSA) is 41.3 Å². The molecule has 1 heterocycles. The van der Waals surface area contributed by atoms with E-state index in [4.69, 9.17) is 5.84 Å². The highest BCUT2D eigenvalue weighted by atomic mass is 15.3. The fourth-order valence-electron chi connectivity index (χ4n) is 2.58. The molecule has 3 heteroatoms. The van der Waals surface area contributed by atoms with Crippen LogP contribution in [0, 0.1) is 11.8 Å². The number of hydrogen-bond acceptors (Lipinski definition) is 3. The Morgan fingerprint density at radius 3 is 2.29 bits per heavy atom. The van der Waals surface area contributed by atoms with E-state index in [9.17, 15) is 0 Å². The monoisotopic (exact) mass is 237 g/mol. The van der Waals surface area contributed by atoms with Crippen molar-refractivity contribution in [3.63, 3.8) is 0 Å². The van der Waals surface area contributed by atoms with Gasteiger partial charge in [0.2, 0.25) is 0 Å². The average Bonchev–Trinajstić information content (AvgIpc) is 2.58. The summed E-state index contributed by atoms with van der Waals surface area (Å²) in [5.41, 5.74) is 3.02. The zero-order valence-electron chi connectivity index (χ0n) is 11.6. The van der Waals surface area contributed by atoms with Crippen LogP contribution < -0.4 is 11.3 Å². The zero-order valence-corrected chi connectivity index (χ0v) is 11.6. The second kappa shape index (κ2) is 7.00. The van der Waals surface area contributed by atoms with Gasteiger partial charge >= 0.3 is 0 Å². The molecule has 0 aliphatic carbocycles. The first-order chi connectivity index (χ1) is 8.12. The van der Waals surface area contributed by atoms with Gasteiger partial charge < -0.3 is 0 Å². The average molecular weight is 237 g/mol. The van der Waals surface area contributed by atoms with Gasteiger partial charge in [-0.05, 0) is 46.7 Å². The summed E-state index contributed by atoms with van der Waals surface area (Å²) >= 11 is 0. The molecule has 1 fully saturated rings. The molecule has 1 saturated heterocycles. The Hall–Kier alpha value is -0.560. The van der Waals surface area contributed by atoms with Crippen molar-refractivity contribution in [2.24, 2.45) is 5.84 Å². The maximum atomic E-state index is 5.70. The van der Waals surface area contributed by atoms with Crippen LogP contribution in [0.2, 0.25) is 0 Å². The Bertz CT molecular complexity index is 267. The number of nitrogens with one attached hydrogen (secondary N) is 1. The van der Waals surface area contributed by atoms with Crippen LogP contribution in [0.15, 0.2) is 0 Å². The molecule has 0 amide bonds. The minimum absolute atomic E-state index is 0.0724. The van der Waals surface area contributed by atoms with Crippen LogP contribution in [0.25, 0.3) is 0 Å². The molecule has 0 aromatic rings. The van der Waals surface area contributed by atoms with Gasteiger partial charge in [0.25, 0.3) is 0 Å². The predicted molar refractivity (Wildman–Crippen MR) is 73.3 cm³/mol. The first-order valence-electron chi connectivity index (χ1n) is 6.73. The largest absolute Gasteiger partial charge is 0.297 e. The lowest BCUT2D eigenvalue weighted by Gasteiger charge is -2.43. The molecule has 3 nitrogen and oxygen atoms in total. The molecule has 0 radical (unpaired) electrons. The van der Waals surface area contributed by atoms with Crippen molar-refractivity contribution >= 4 is 0 Å². The van der Waals surface area contributed by atoms with E-state index in [1.54, 1.807) is 0 Å². The van der Waals surface area contributed by atoms with Gasteiger partial charge in [0.15, 0.2) is 0 Å². The molecule has 3 N–H and O–H groups in total. The van der Waals surface area contributed by atoms with E-state index in [0.717, 1.165) is 6.42 Å². The van der Waals surface area contributed by atoms with Crippen molar-refractivity contribution in [2.75, 3.05) is 13.1 Å². The molecule has 1 aliphatic rings. The van der Waals surface area contributed by atoms with Gasteiger partial charge in [0, 0.05) is 18.0 Å². The summed E-state index contributed by atoms with van der Waals surface area (Å²) in [7, 11) is 0. The molecule has 0 aromatic heterocycles. The third-order valence-corrected chi connectivity index (χ3v) is 3.96. The maximum absolute atomic E-state index is 5.70. The second-order valence-electron chi connectivity index (χ2n) is 5.41. The van der Waals surface area contributed by atoms with E-state index in [2.05, 4.69) is 36.0 Å². The van der Waals surface area contributed by atoms with Gasteiger partial charge in [-0.2, -0.15) is 0 Å². The summed E-state index contributed by atoms with van der Waals surface area (Å²) in [6, 6.07) is 0.230. The lowest BCUT2D eigenvalue weighted by molar-refractivity contribution is 0.0853. The quantitative estimate of drug-likeness (QED) is 0.446. The van der Waals surface area contributed by atoms with Crippen molar-refractivity contribution in [2.45, 2.75) is 64.5 Å². The van der Waals surface area contributed by atoms with Crippen molar-refractivity contribution in [3.05, 3.63) is 0 Å². The molecular weight excluding hydrogens is 210 g/mol. The van der Waals surface area contributed by atoms with Crippen LogP contribution in [0.1, 0.15) is 52.9 Å². The normalized spacial score (nSPS) is 20.2. The Morgan fingerprint density at radius 1 is 1.24 bits per heavy atom. The van der Waals surface area contributed by atoms with E-state index < -0.39 is 0 Å². The highest BCUT2D eigenvalue weighted by molar-refractivity contribution is 5.04. The van der Waals surface area contributed by atoms with E-state index in [1.165, 1.54) is 38.8 Å². The number of hydrogen-bond donors (Lipinski definition) is 2. The Balaban J connectivity index is 2.69. The Labute approximate surface area is 106 Å². The predicted octanol–water partition coefficient (Wildman–Crippen LogP) is 1.89. The number of rotatable bonds is 4. The van der Waals surface area contributed by atoms with Crippen molar-refractivity contribution in [3.8, 4) is 11.8 Å². The van der Waals surface area contributed by atoms with E-state index >= 15 is 0 Å². The molecule has 1 rings (SSSR count). The molecule has 98 valence electrons. The summed E-state index contributed by atoms with van der Waals surface area (Å²) < 4.78 is 0. The first kappa shape index (κ1) is 14.5. The van der Waals surface area contributed by atoms with E-state index in [-0.39, 0.29) is 11.6 Å². The van der Waals surface area contributed by atoms with E-state index in [1.807, 2.05) is 6.92 Å². The van der Waals surface area contributed by atoms with Crippen molar-refractivity contribution < 1.29 is 0 Å². The minimum Gasteiger partial charge on any atom is -0.297 e. The van der Waals surface area contributed by atoms with Gasteiger partial charge in [-0.25, -0.2) is 0 Å². The zero-order chi connectivity index (χ0) is 12.7. The molecule has 0 spiro atoms. The summed E-state index contributed by atoms with van der Waals surface area (Å²) in [6.45, 7) is 8.81. The summed E-state index contributed by atoms with van der Waals surface area (Å²) in [4.78, 5) is 2.57. The number of hydrazine groups is 1. The van der Waals surface area contributed by atoms with Gasteiger partial charge in [-0.3, -0.25) is 16.2 Å². The van der Waals surface area contributed by atoms with Crippen molar-refractivity contribution in [1.29, 1.82) is 0 Å².